The van der Waals surface area contributed by atoms with E-state index in [2.05, 4.69) is 11.4 Å². The van der Waals surface area contributed by atoms with Gasteiger partial charge in [-0.3, -0.25) is 4.79 Å². The van der Waals surface area contributed by atoms with Gasteiger partial charge in [-0.15, -0.1) is 0 Å². The molecule has 0 aromatic heterocycles. The largest absolute Gasteiger partial charge is 0.390 e. The van der Waals surface area contributed by atoms with E-state index < -0.39 is 41.5 Å². The van der Waals surface area contributed by atoms with Crippen LogP contribution in [0, 0.1) is 23.0 Å². The van der Waals surface area contributed by atoms with Gasteiger partial charge in [-0.25, -0.2) is 8.78 Å². The first-order valence-electron chi connectivity index (χ1n) is 11.2. The zero-order valence-electron chi connectivity index (χ0n) is 18.4. The summed E-state index contributed by atoms with van der Waals surface area (Å²) >= 11 is 0. The molecule has 0 unspecified atom stereocenters. The molecule has 2 saturated carbocycles. The van der Waals surface area contributed by atoms with Crippen molar-refractivity contribution in [1.29, 1.82) is 5.26 Å². The number of aliphatic hydroxyl groups excluding tert-OH is 2. The molecule has 2 aromatic rings. The van der Waals surface area contributed by atoms with Crippen molar-refractivity contribution in [2.75, 3.05) is 0 Å². The summed E-state index contributed by atoms with van der Waals surface area (Å²) in [6.07, 6.45) is -2.42. The minimum absolute atomic E-state index is 0.0177. The Morgan fingerprint density at radius 1 is 1.09 bits per heavy atom. The number of nitriles is 1. The lowest BCUT2D eigenvalue weighted by molar-refractivity contribution is -0.200. The Morgan fingerprint density at radius 2 is 1.82 bits per heavy atom. The molecule has 2 aliphatic carbocycles. The maximum absolute atomic E-state index is 14.1. The predicted molar refractivity (Wildman–Crippen MR) is 116 cm³/mol. The molecule has 0 bridgehead atoms. The molecule has 0 radical (unpaired) electrons. The molecule has 3 N–H and O–H groups in total. The molecule has 180 valence electrons. The van der Waals surface area contributed by atoms with Crippen molar-refractivity contribution in [2.45, 2.75) is 68.9 Å². The van der Waals surface area contributed by atoms with Crippen molar-refractivity contribution in [2.24, 2.45) is 0 Å². The van der Waals surface area contributed by atoms with Gasteiger partial charge in [0, 0.05) is 24.4 Å². The van der Waals surface area contributed by atoms with Gasteiger partial charge >= 0.3 is 0 Å². The predicted octanol–water partition coefficient (Wildman–Crippen LogP) is 2.47. The molecule has 4 atom stereocenters. The van der Waals surface area contributed by atoms with E-state index in [1.807, 2.05) is 0 Å². The molecule has 2 aliphatic rings. The number of carbonyl (C=O) groups excluding carboxylic acids is 1. The highest BCUT2D eigenvalue weighted by Gasteiger charge is 2.52. The minimum atomic E-state index is -1.55. The van der Waals surface area contributed by atoms with Crippen LogP contribution in [0.15, 0.2) is 42.5 Å². The Balaban J connectivity index is 1.56. The number of carbonyl (C=O) groups is 1. The molecular weight excluding hydrogens is 446 g/mol. The molecule has 0 saturated heterocycles. The molecule has 9 heteroatoms. The Kier molecular flexibility index (Phi) is 7.24. The quantitative estimate of drug-likeness (QED) is 0.544. The number of rotatable bonds is 8. The Bertz CT molecular complexity index is 1090. The van der Waals surface area contributed by atoms with E-state index in [-0.39, 0.29) is 37.7 Å². The fraction of sp³-hybridized carbons (Fsp3) is 0.440. The van der Waals surface area contributed by atoms with Crippen molar-refractivity contribution in [3.63, 3.8) is 0 Å². The molecule has 7 nitrogen and oxygen atoms in total. The van der Waals surface area contributed by atoms with Crippen molar-refractivity contribution >= 4 is 5.91 Å². The zero-order chi connectivity index (χ0) is 24.3. The van der Waals surface area contributed by atoms with Crippen LogP contribution in [0.4, 0.5) is 8.78 Å². The van der Waals surface area contributed by atoms with Crippen LogP contribution >= 0.6 is 0 Å². The van der Waals surface area contributed by atoms with Gasteiger partial charge < -0.3 is 25.0 Å². The summed E-state index contributed by atoms with van der Waals surface area (Å²) in [6.45, 7) is -0.439. The van der Waals surface area contributed by atoms with Crippen LogP contribution in [-0.2, 0) is 27.5 Å². The van der Waals surface area contributed by atoms with Gasteiger partial charge in [-0.2, -0.15) is 5.26 Å². The lowest BCUT2D eigenvalue weighted by Gasteiger charge is -2.44. The van der Waals surface area contributed by atoms with Crippen LogP contribution in [0.5, 0.6) is 0 Å². The molecule has 1 amide bonds. The Hall–Kier alpha value is -2.90. The number of ether oxygens (including phenoxy) is 2. The summed E-state index contributed by atoms with van der Waals surface area (Å²) in [7, 11) is 0. The fourth-order valence-corrected chi connectivity index (χ4v) is 4.13. The van der Waals surface area contributed by atoms with E-state index in [9.17, 15) is 29.1 Å². The first kappa shape index (κ1) is 24.2. The highest BCUT2D eigenvalue weighted by molar-refractivity contribution is 5.86. The number of hydrogen-bond donors (Lipinski definition) is 3. The third-order valence-corrected chi connectivity index (χ3v) is 6.30. The van der Waals surface area contributed by atoms with E-state index in [1.165, 1.54) is 12.1 Å². The zero-order valence-corrected chi connectivity index (χ0v) is 18.4. The standard InChI is InChI=1S/C25H26F2N2O5/c26-19-7-3-6-17(22(19)27)13-33-21-11-25(10-20(30)23(21)31,24(32)29-18-8-9-18)34-14-16-5-2-1-4-15(16)12-28/h1-7,18,20-21,23,30-31H,8-11,13-14H2,(H,29,32)/t20-,21-,23-,25+/m1/s1. The average Bonchev–Trinajstić information content (AvgIpc) is 3.65. The lowest BCUT2D eigenvalue weighted by Crippen LogP contribution is -2.61. The SMILES string of the molecule is N#Cc1ccccc1CO[C@@]1(C(=O)NC2CC2)C[C@@H](O)[C@@H](O)[C@H](OCc2cccc(F)c2F)C1. The molecular formula is C25H26F2N2O5. The van der Waals surface area contributed by atoms with Crippen molar-refractivity contribution in [1.82, 2.24) is 5.32 Å². The van der Waals surface area contributed by atoms with Gasteiger partial charge in [-0.1, -0.05) is 30.3 Å². The summed E-state index contributed by atoms with van der Waals surface area (Å²) < 4.78 is 39.4. The van der Waals surface area contributed by atoms with E-state index >= 15 is 0 Å². The number of aliphatic hydroxyl groups is 2. The van der Waals surface area contributed by atoms with E-state index in [4.69, 9.17) is 9.47 Å². The minimum Gasteiger partial charge on any atom is -0.390 e. The van der Waals surface area contributed by atoms with Gasteiger partial charge in [0.2, 0.25) is 0 Å². The maximum Gasteiger partial charge on any atom is 0.252 e. The van der Waals surface area contributed by atoms with Crippen LogP contribution in [-0.4, -0.2) is 46.1 Å². The summed E-state index contributed by atoms with van der Waals surface area (Å²) in [5.41, 5.74) is -0.631. The topological polar surface area (TPSA) is 112 Å². The average molecular weight is 472 g/mol. The number of halogens is 2. The van der Waals surface area contributed by atoms with Gasteiger partial charge in [0.25, 0.3) is 5.91 Å². The normalized spacial score (nSPS) is 26.6. The first-order valence-corrected chi connectivity index (χ1v) is 11.2. The smallest absolute Gasteiger partial charge is 0.252 e. The molecule has 0 aliphatic heterocycles. The van der Waals surface area contributed by atoms with Crippen LogP contribution in [0.1, 0.15) is 42.4 Å². The van der Waals surface area contributed by atoms with E-state index in [0.717, 1.165) is 18.9 Å². The van der Waals surface area contributed by atoms with Gasteiger partial charge in [0.1, 0.15) is 6.10 Å². The summed E-state index contributed by atoms with van der Waals surface area (Å²) in [6, 6.07) is 12.6. The third kappa shape index (κ3) is 5.26. The number of amides is 1. The van der Waals surface area contributed by atoms with Crippen molar-refractivity contribution < 1.29 is 33.3 Å². The van der Waals surface area contributed by atoms with Gasteiger partial charge in [-0.05, 0) is 30.5 Å². The monoisotopic (exact) mass is 472 g/mol. The van der Waals surface area contributed by atoms with Gasteiger partial charge in [0.15, 0.2) is 17.2 Å². The summed E-state index contributed by atoms with van der Waals surface area (Å²) in [4.78, 5) is 13.3. The fourth-order valence-electron chi connectivity index (χ4n) is 4.13. The molecule has 2 fully saturated rings. The van der Waals surface area contributed by atoms with Crippen molar-refractivity contribution in [3.05, 3.63) is 70.8 Å². The Morgan fingerprint density at radius 3 is 2.56 bits per heavy atom. The van der Waals surface area contributed by atoms with Crippen LogP contribution in [0.3, 0.4) is 0 Å². The molecule has 4 rings (SSSR count). The lowest BCUT2D eigenvalue weighted by atomic mass is 9.78. The molecule has 2 aromatic carbocycles. The van der Waals surface area contributed by atoms with E-state index in [0.29, 0.717) is 11.1 Å². The molecule has 0 spiro atoms. The van der Waals surface area contributed by atoms with Crippen LogP contribution in [0.2, 0.25) is 0 Å². The molecule has 34 heavy (non-hydrogen) atoms. The van der Waals surface area contributed by atoms with Crippen LogP contribution in [0.25, 0.3) is 0 Å². The second kappa shape index (κ2) is 10.2. The van der Waals surface area contributed by atoms with E-state index in [1.54, 1.807) is 24.3 Å². The second-order valence-corrected chi connectivity index (χ2v) is 8.83. The molecule has 0 heterocycles. The third-order valence-electron chi connectivity index (χ3n) is 6.30. The van der Waals surface area contributed by atoms with Crippen molar-refractivity contribution in [3.8, 4) is 6.07 Å². The Labute approximate surface area is 195 Å². The first-order chi connectivity index (χ1) is 16.3. The second-order valence-electron chi connectivity index (χ2n) is 8.83. The summed E-state index contributed by atoms with van der Waals surface area (Å²) in [5.74, 6) is -2.53. The van der Waals surface area contributed by atoms with Crippen LogP contribution < -0.4 is 5.32 Å². The number of benzene rings is 2. The number of hydrogen-bond acceptors (Lipinski definition) is 6. The summed E-state index contributed by atoms with van der Waals surface area (Å²) in [5, 5.41) is 33.4. The highest BCUT2D eigenvalue weighted by atomic mass is 19.2. The number of nitrogens with zero attached hydrogens (tertiary/aromatic N) is 1. The number of nitrogens with one attached hydrogen (secondary N) is 1. The maximum atomic E-state index is 14.1. The highest BCUT2D eigenvalue weighted by Crippen LogP contribution is 2.37. The van der Waals surface area contributed by atoms with Gasteiger partial charge in [0.05, 0.1) is 37.1 Å².